The van der Waals surface area contributed by atoms with Gasteiger partial charge in [-0.05, 0) is 13.5 Å². The van der Waals surface area contributed by atoms with Crippen molar-refractivity contribution < 1.29 is 18.6 Å². The van der Waals surface area contributed by atoms with Gasteiger partial charge in [-0.15, -0.1) is 0 Å². The van der Waals surface area contributed by atoms with E-state index in [1.807, 2.05) is 6.92 Å². The fourth-order valence-corrected chi connectivity index (χ4v) is 1.77. The second-order valence-corrected chi connectivity index (χ2v) is 4.20. The molecule has 3 nitrogen and oxygen atoms in total. The lowest BCUT2D eigenvalue weighted by Crippen LogP contribution is -2.58. The first-order valence-electron chi connectivity index (χ1n) is 5.29. The number of aliphatic hydroxyl groups is 1. The Hall–Kier alpha value is -0.260. The molecule has 1 rings (SSSR count). The molecule has 0 saturated carbocycles. The van der Waals surface area contributed by atoms with E-state index >= 15 is 0 Å². The van der Waals surface area contributed by atoms with Gasteiger partial charge in [0.15, 0.2) is 6.17 Å². The van der Waals surface area contributed by atoms with Crippen LogP contribution in [0.2, 0.25) is 0 Å². The topological polar surface area (TPSA) is 41.5 Å². The van der Waals surface area contributed by atoms with E-state index in [1.165, 1.54) is 0 Å². The Morgan fingerprint density at radius 3 is 2.67 bits per heavy atom. The molecule has 1 fully saturated rings. The van der Waals surface area contributed by atoms with Crippen LogP contribution < -0.4 is 5.32 Å². The summed E-state index contributed by atoms with van der Waals surface area (Å²) in [7, 11) is 0. The minimum atomic E-state index is -2.40. The number of rotatable bonds is 3. The van der Waals surface area contributed by atoms with Crippen molar-refractivity contribution >= 4 is 0 Å². The van der Waals surface area contributed by atoms with E-state index in [1.54, 1.807) is 6.92 Å². The molecule has 0 spiro atoms. The van der Waals surface area contributed by atoms with Crippen LogP contribution in [0.15, 0.2) is 0 Å². The fraction of sp³-hybridized carbons (Fsp3) is 1.00. The summed E-state index contributed by atoms with van der Waals surface area (Å²) < 4.78 is 31.9. The first-order chi connectivity index (χ1) is 6.90. The Balaban J connectivity index is 2.66. The Labute approximate surface area is 88.8 Å². The molecule has 0 radical (unpaired) electrons. The van der Waals surface area contributed by atoms with Crippen LogP contribution in [-0.2, 0) is 4.74 Å². The number of likely N-dealkylation sites (N-methyl/N-ethyl adjacent to an activating group) is 1. The van der Waals surface area contributed by atoms with E-state index < -0.39 is 30.2 Å². The van der Waals surface area contributed by atoms with Gasteiger partial charge in [0, 0.05) is 12.5 Å². The maximum Gasteiger partial charge on any atom is 0.240 e. The molecule has 0 amide bonds. The zero-order valence-corrected chi connectivity index (χ0v) is 9.34. The van der Waals surface area contributed by atoms with Crippen molar-refractivity contribution in [3.8, 4) is 0 Å². The molecule has 0 aromatic rings. The zero-order valence-electron chi connectivity index (χ0n) is 9.34. The highest BCUT2D eigenvalue weighted by Gasteiger charge is 2.51. The van der Waals surface area contributed by atoms with Gasteiger partial charge in [-0.2, -0.15) is 0 Å². The zero-order chi connectivity index (χ0) is 11.6. The van der Waals surface area contributed by atoms with E-state index in [0.29, 0.717) is 6.54 Å². The first kappa shape index (κ1) is 12.8. The number of hydrogen-bond acceptors (Lipinski definition) is 3. The summed E-state index contributed by atoms with van der Waals surface area (Å²) >= 11 is 0. The smallest absolute Gasteiger partial charge is 0.240 e. The molecule has 0 aromatic heterocycles. The molecule has 5 unspecified atom stereocenters. The van der Waals surface area contributed by atoms with Crippen molar-refractivity contribution in [3.05, 3.63) is 0 Å². The number of aliphatic hydroxyl groups excluding tert-OH is 1. The maximum atomic E-state index is 13.6. The average Bonchev–Trinajstić information content (AvgIpc) is 2.19. The lowest BCUT2D eigenvalue weighted by molar-refractivity contribution is -0.275. The van der Waals surface area contributed by atoms with Crippen LogP contribution in [0.1, 0.15) is 20.8 Å². The highest BCUT2D eigenvalue weighted by Crippen LogP contribution is 2.35. The Kier molecular flexibility index (Phi) is 4.03. The average molecular weight is 223 g/mol. The number of alkyl halides is 2. The predicted molar refractivity (Wildman–Crippen MR) is 53.0 cm³/mol. The van der Waals surface area contributed by atoms with Gasteiger partial charge >= 0.3 is 0 Å². The van der Waals surface area contributed by atoms with Crippen LogP contribution in [0, 0.1) is 5.92 Å². The van der Waals surface area contributed by atoms with Crippen molar-refractivity contribution in [2.24, 2.45) is 5.92 Å². The standard InChI is InChI=1S/C10H19F2NO2/c1-4-13-5-7-6(2)8(14)9(11)10(3,12)15-7/h6-9,13-14H,4-5H2,1-3H3. The molecule has 2 N–H and O–H groups in total. The highest BCUT2D eigenvalue weighted by molar-refractivity contribution is 4.93. The van der Waals surface area contributed by atoms with Crippen LogP contribution in [0.3, 0.4) is 0 Å². The number of nitrogens with one attached hydrogen (secondary N) is 1. The monoisotopic (exact) mass is 223 g/mol. The third-order valence-corrected chi connectivity index (χ3v) is 2.89. The van der Waals surface area contributed by atoms with Crippen LogP contribution in [0.5, 0.6) is 0 Å². The first-order valence-corrected chi connectivity index (χ1v) is 5.29. The van der Waals surface area contributed by atoms with E-state index in [0.717, 1.165) is 13.5 Å². The molecule has 1 heterocycles. The number of halogens is 2. The highest BCUT2D eigenvalue weighted by atomic mass is 19.2. The minimum Gasteiger partial charge on any atom is -0.389 e. The third kappa shape index (κ3) is 2.65. The number of hydrogen-bond donors (Lipinski definition) is 2. The summed E-state index contributed by atoms with van der Waals surface area (Å²) in [5.74, 6) is -2.81. The van der Waals surface area contributed by atoms with Gasteiger partial charge in [0.1, 0.15) is 0 Å². The van der Waals surface area contributed by atoms with Crippen molar-refractivity contribution in [1.82, 2.24) is 5.32 Å². The van der Waals surface area contributed by atoms with Crippen molar-refractivity contribution in [3.63, 3.8) is 0 Å². The quantitative estimate of drug-likeness (QED) is 0.750. The normalized spacial score (nSPS) is 46.8. The summed E-state index contributed by atoms with van der Waals surface area (Å²) in [4.78, 5) is 0. The molecule has 1 aliphatic heterocycles. The van der Waals surface area contributed by atoms with Crippen LogP contribution in [-0.4, -0.2) is 42.4 Å². The third-order valence-electron chi connectivity index (χ3n) is 2.89. The summed E-state index contributed by atoms with van der Waals surface area (Å²) in [5, 5.41) is 12.5. The van der Waals surface area contributed by atoms with Crippen LogP contribution in [0.25, 0.3) is 0 Å². The van der Waals surface area contributed by atoms with Gasteiger partial charge in [-0.1, -0.05) is 13.8 Å². The Bertz CT molecular complexity index is 214. The van der Waals surface area contributed by atoms with E-state index in [9.17, 15) is 13.9 Å². The molecular formula is C10H19F2NO2. The van der Waals surface area contributed by atoms with Gasteiger partial charge in [0.05, 0.1) is 12.2 Å². The Morgan fingerprint density at radius 2 is 2.13 bits per heavy atom. The molecule has 1 aliphatic rings. The molecule has 5 atom stereocenters. The van der Waals surface area contributed by atoms with E-state index in [4.69, 9.17) is 4.74 Å². The van der Waals surface area contributed by atoms with Gasteiger partial charge < -0.3 is 15.2 Å². The van der Waals surface area contributed by atoms with Gasteiger partial charge in [0.25, 0.3) is 0 Å². The molecule has 0 aliphatic carbocycles. The van der Waals surface area contributed by atoms with Crippen LogP contribution >= 0.6 is 0 Å². The molecule has 1 saturated heterocycles. The second kappa shape index (κ2) is 4.72. The Morgan fingerprint density at radius 1 is 1.53 bits per heavy atom. The molecule has 0 aromatic carbocycles. The van der Waals surface area contributed by atoms with Gasteiger partial charge in [-0.25, -0.2) is 8.78 Å². The fourth-order valence-electron chi connectivity index (χ4n) is 1.77. The van der Waals surface area contributed by atoms with Crippen molar-refractivity contribution in [1.29, 1.82) is 0 Å². The van der Waals surface area contributed by atoms with Crippen LogP contribution in [0.4, 0.5) is 8.78 Å². The molecule has 5 heteroatoms. The van der Waals surface area contributed by atoms with Crippen molar-refractivity contribution in [2.75, 3.05) is 13.1 Å². The lowest BCUT2D eigenvalue weighted by Gasteiger charge is -2.42. The maximum absolute atomic E-state index is 13.6. The molecular weight excluding hydrogens is 204 g/mol. The van der Waals surface area contributed by atoms with Gasteiger partial charge in [-0.3, -0.25) is 0 Å². The molecule has 90 valence electrons. The molecule has 15 heavy (non-hydrogen) atoms. The van der Waals surface area contributed by atoms with E-state index in [-0.39, 0.29) is 0 Å². The van der Waals surface area contributed by atoms with E-state index in [2.05, 4.69) is 5.32 Å². The predicted octanol–water partition coefficient (Wildman–Crippen LogP) is 1.02. The summed E-state index contributed by atoms with van der Waals surface area (Å²) in [6.45, 7) is 5.74. The SMILES string of the molecule is CCNCC1OC(C)(F)C(F)C(O)C1C. The largest absolute Gasteiger partial charge is 0.389 e. The lowest BCUT2D eigenvalue weighted by atomic mass is 9.88. The number of ether oxygens (including phenoxy) is 1. The second-order valence-electron chi connectivity index (χ2n) is 4.20. The summed E-state index contributed by atoms with van der Waals surface area (Å²) in [6.07, 6.45) is -3.79. The van der Waals surface area contributed by atoms with Crippen molar-refractivity contribution in [2.45, 2.75) is 45.0 Å². The summed E-state index contributed by atoms with van der Waals surface area (Å²) in [6, 6.07) is 0. The summed E-state index contributed by atoms with van der Waals surface area (Å²) in [5.41, 5.74) is 0. The van der Waals surface area contributed by atoms with Gasteiger partial charge in [0.2, 0.25) is 5.85 Å². The molecule has 0 bridgehead atoms. The minimum absolute atomic E-state index is 0.414.